The lowest BCUT2D eigenvalue weighted by Crippen LogP contribution is -2.20. The predicted molar refractivity (Wildman–Crippen MR) is 90.6 cm³/mol. The second-order valence-electron chi connectivity index (χ2n) is 5.60. The third kappa shape index (κ3) is 2.98. The molecule has 0 aromatic carbocycles. The topological polar surface area (TPSA) is 87.7 Å². The van der Waals surface area contributed by atoms with Gasteiger partial charge in [-0.15, -0.1) is 0 Å². The molecular formula is C17H18N4O4. The Hall–Kier alpha value is -3.16. The number of aromatic nitrogens is 4. The largest absolute Gasteiger partial charge is 0.478 e. The van der Waals surface area contributed by atoms with Crippen molar-refractivity contribution in [1.29, 1.82) is 0 Å². The average Bonchev–Trinajstić information content (AvgIpc) is 2.91. The maximum absolute atomic E-state index is 12.9. The van der Waals surface area contributed by atoms with Crippen LogP contribution in [0.15, 0.2) is 29.2 Å². The van der Waals surface area contributed by atoms with Crippen LogP contribution in [0.3, 0.4) is 0 Å². The van der Waals surface area contributed by atoms with E-state index in [0.29, 0.717) is 28.3 Å². The van der Waals surface area contributed by atoms with Gasteiger partial charge in [-0.25, -0.2) is 9.78 Å². The zero-order valence-corrected chi connectivity index (χ0v) is 14.4. The summed E-state index contributed by atoms with van der Waals surface area (Å²) in [6, 6.07) is 5.15. The highest BCUT2D eigenvalue weighted by molar-refractivity contribution is 5.71. The minimum Gasteiger partial charge on any atom is -0.478 e. The number of methoxy groups -OCH3 is 1. The van der Waals surface area contributed by atoms with Gasteiger partial charge in [0.2, 0.25) is 0 Å². The molecule has 0 unspecified atom stereocenters. The summed E-state index contributed by atoms with van der Waals surface area (Å²) in [5.41, 5.74) is 2.58. The Bertz CT molecular complexity index is 1000. The highest BCUT2D eigenvalue weighted by atomic mass is 16.6. The van der Waals surface area contributed by atoms with E-state index in [2.05, 4.69) is 14.8 Å². The van der Waals surface area contributed by atoms with Gasteiger partial charge in [0, 0.05) is 18.9 Å². The molecular weight excluding hydrogens is 324 g/mol. The highest BCUT2D eigenvalue weighted by Gasteiger charge is 2.17. The molecule has 0 saturated heterocycles. The van der Waals surface area contributed by atoms with Gasteiger partial charge in [0.1, 0.15) is 0 Å². The fourth-order valence-corrected chi connectivity index (χ4v) is 2.53. The number of pyridine rings is 1. The van der Waals surface area contributed by atoms with Crippen LogP contribution >= 0.6 is 0 Å². The lowest BCUT2D eigenvalue weighted by molar-refractivity contribution is -0.142. The van der Waals surface area contributed by atoms with Crippen molar-refractivity contribution in [3.63, 3.8) is 0 Å². The van der Waals surface area contributed by atoms with Gasteiger partial charge in [-0.2, -0.15) is 5.10 Å². The Morgan fingerprint density at radius 2 is 2.08 bits per heavy atom. The molecule has 0 aliphatic rings. The van der Waals surface area contributed by atoms with Crippen molar-refractivity contribution in [2.24, 2.45) is 7.05 Å². The van der Waals surface area contributed by atoms with Gasteiger partial charge < -0.3 is 9.47 Å². The maximum atomic E-state index is 12.9. The van der Waals surface area contributed by atoms with Crippen LogP contribution < -0.4 is 10.3 Å². The first-order chi connectivity index (χ1) is 11.9. The van der Waals surface area contributed by atoms with E-state index < -0.39 is 5.97 Å². The highest BCUT2D eigenvalue weighted by Crippen LogP contribution is 2.22. The van der Waals surface area contributed by atoms with Crippen molar-refractivity contribution >= 4 is 11.6 Å². The third-order valence-electron chi connectivity index (χ3n) is 3.94. The van der Waals surface area contributed by atoms with E-state index in [1.54, 1.807) is 29.9 Å². The van der Waals surface area contributed by atoms with Crippen LogP contribution in [0.25, 0.3) is 16.9 Å². The molecule has 0 radical (unpaired) electrons. The second-order valence-corrected chi connectivity index (χ2v) is 5.60. The first-order valence-corrected chi connectivity index (χ1v) is 7.65. The van der Waals surface area contributed by atoms with Gasteiger partial charge in [0.05, 0.1) is 24.1 Å². The fourth-order valence-electron chi connectivity index (χ4n) is 2.53. The van der Waals surface area contributed by atoms with E-state index in [1.807, 2.05) is 20.0 Å². The Labute approximate surface area is 143 Å². The second kappa shape index (κ2) is 6.39. The summed E-state index contributed by atoms with van der Waals surface area (Å²) >= 11 is 0. The molecule has 0 saturated carbocycles. The molecule has 3 heterocycles. The summed E-state index contributed by atoms with van der Waals surface area (Å²) in [4.78, 5) is 28.7. The van der Waals surface area contributed by atoms with E-state index in [4.69, 9.17) is 4.74 Å². The molecule has 0 aliphatic heterocycles. The minimum atomic E-state index is -0.512. The number of hydrogen-bond donors (Lipinski definition) is 0. The number of esters is 1. The molecule has 3 aromatic rings. The van der Waals surface area contributed by atoms with Crippen LogP contribution in [0.2, 0.25) is 0 Å². The van der Waals surface area contributed by atoms with Gasteiger partial charge in [-0.1, -0.05) is 0 Å². The molecule has 8 heteroatoms. The van der Waals surface area contributed by atoms with Crippen molar-refractivity contribution in [1.82, 2.24) is 19.2 Å². The SMILES string of the molecule is COC(=O)COc1cccn2c(=O)c(-c3cc(C)n(C)n3)c(C)nc12. The number of hydrogen-bond acceptors (Lipinski definition) is 6. The molecule has 25 heavy (non-hydrogen) atoms. The Morgan fingerprint density at radius 1 is 1.32 bits per heavy atom. The van der Waals surface area contributed by atoms with Crippen molar-refractivity contribution < 1.29 is 14.3 Å². The average molecular weight is 342 g/mol. The van der Waals surface area contributed by atoms with E-state index in [9.17, 15) is 9.59 Å². The van der Waals surface area contributed by atoms with Gasteiger partial charge in [0.25, 0.3) is 5.56 Å². The molecule has 0 fully saturated rings. The lowest BCUT2D eigenvalue weighted by atomic mass is 10.1. The van der Waals surface area contributed by atoms with E-state index >= 15 is 0 Å². The molecule has 0 aliphatic carbocycles. The number of carbonyl (C=O) groups is 1. The van der Waals surface area contributed by atoms with Crippen molar-refractivity contribution in [3.05, 3.63) is 46.1 Å². The molecule has 0 atom stereocenters. The number of rotatable bonds is 4. The minimum absolute atomic E-state index is 0.246. The van der Waals surface area contributed by atoms with Gasteiger partial charge in [-0.3, -0.25) is 13.9 Å². The standard InChI is InChI=1S/C17H18N4O4/c1-10-8-12(19-20(10)3)15-11(2)18-16-13(25-9-14(22)24-4)6-5-7-21(16)17(15)23/h5-8H,9H2,1-4H3. The molecule has 130 valence electrons. The Morgan fingerprint density at radius 3 is 2.72 bits per heavy atom. The first kappa shape index (κ1) is 16.7. The van der Waals surface area contributed by atoms with Crippen molar-refractivity contribution in [3.8, 4) is 17.0 Å². The normalized spacial score (nSPS) is 10.9. The first-order valence-electron chi connectivity index (χ1n) is 7.65. The smallest absolute Gasteiger partial charge is 0.343 e. The lowest BCUT2D eigenvalue weighted by Gasteiger charge is -2.10. The quantitative estimate of drug-likeness (QED) is 0.664. The Kier molecular flexibility index (Phi) is 4.26. The summed E-state index contributed by atoms with van der Waals surface area (Å²) in [7, 11) is 3.10. The molecule has 0 bridgehead atoms. The van der Waals surface area contributed by atoms with E-state index in [1.165, 1.54) is 11.5 Å². The fraction of sp³-hybridized carbons (Fsp3) is 0.294. The summed E-state index contributed by atoms with van der Waals surface area (Å²) in [5.74, 6) is -0.182. The monoisotopic (exact) mass is 342 g/mol. The van der Waals surface area contributed by atoms with Crippen molar-refractivity contribution in [2.45, 2.75) is 13.8 Å². The summed E-state index contributed by atoms with van der Waals surface area (Å²) in [5, 5.41) is 4.37. The third-order valence-corrected chi connectivity index (χ3v) is 3.94. The summed E-state index contributed by atoms with van der Waals surface area (Å²) < 4.78 is 13.1. The van der Waals surface area contributed by atoms with Gasteiger partial charge in [-0.05, 0) is 32.0 Å². The number of nitrogens with zero attached hydrogens (tertiary/aromatic N) is 4. The Balaban J connectivity index is 2.15. The summed E-state index contributed by atoms with van der Waals surface area (Å²) in [6.45, 7) is 3.40. The number of carbonyl (C=O) groups excluding carboxylic acids is 1. The molecule has 0 spiro atoms. The zero-order chi connectivity index (χ0) is 18.1. The zero-order valence-electron chi connectivity index (χ0n) is 14.4. The molecule has 3 rings (SSSR count). The summed E-state index contributed by atoms with van der Waals surface area (Å²) in [6.07, 6.45) is 1.61. The van der Waals surface area contributed by atoms with Gasteiger partial charge in [0.15, 0.2) is 18.0 Å². The van der Waals surface area contributed by atoms with Crippen molar-refractivity contribution in [2.75, 3.05) is 13.7 Å². The molecule has 0 amide bonds. The molecule has 0 N–H and O–H groups in total. The van der Waals surface area contributed by atoms with E-state index in [0.717, 1.165) is 5.69 Å². The number of fused-ring (bicyclic) bond motifs is 1. The van der Waals surface area contributed by atoms with Gasteiger partial charge >= 0.3 is 5.97 Å². The molecule has 8 nitrogen and oxygen atoms in total. The number of aryl methyl sites for hydroxylation is 3. The van der Waals surface area contributed by atoms with Crippen LogP contribution in [-0.2, 0) is 16.6 Å². The van der Waals surface area contributed by atoms with Crippen LogP contribution in [0.4, 0.5) is 0 Å². The van der Waals surface area contributed by atoms with E-state index in [-0.39, 0.29) is 12.2 Å². The van der Waals surface area contributed by atoms with Crippen LogP contribution in [0.5, 0.6) is 5.75 Å². The molecule has 3 aromatic heterocycles. The van der Waals surface area contributed by atoms with Crippen LogP contribution in [0, 0.1) is 13.8 Å². The number of ether oxygens (including phenoxy) is 2. The predicted octanol–water partition coefficient (Wildman–Crippen LogP) is 1.26. The maximum Gasteiger partial charge on any atom is 0.343 e. The van der Waals surface area contributed by atoms with Crippen LogP contribution in [0.1, 0.15) is 11.4 Å². The van der Waals surface area contributed by atoms with Crippen LogP contribution in [-0.4, -0.2) is 38.9 Å².